The molecule has 1 N–H and O–H groups in total. The SMILES string of the molecule is Cc1ncc(C(=O)N2CC[C@]34C(=O)N(CC(=O)N(C)CCCOc5cccc(c5)[C@H]23)c2ccccc24)[nH]1. The van der Waals surface area contributed by atoms with Gasteiger partial charge in [0.1, 0.15) is 29.2 Å². The Hall–Kier alpha value is -4.14. The van der Waals surface area contributed by atoms with Gasteiger partial charge in [0.25, 0.3) is 5.91 Å². The number of likely N-dealkylation sites (N-methyl/N-ethyl adjacent to an activating group) is 1. The van der Waals surface area contributed by atoms with Crippen molar-refractivity contribution in [3.05, 3.63) is 77.4 Å². The Kier molecular flexibility index (Phi) is 5.51. The van der Waals surface area contributed by atoms with Crippen molar-refractivity contribution in [3.8, 4) is 5.75 Å². The van der Waals surface area contributed by atoms with Crippen LogP contribution in [0.15, 0.2) is 54.7 Å². The topological polar surface area (TPSA) is 98.8 Å². The number of ether oxygens (including phenoxy) is 1. The average Bonchev–Trinajstić information content (AvgIpc) is 3.58. The molecule has 1 fully saturated rings. The number of aryl methyl sites for hydroxylation is 1. The molecule has 9 heteroatoms. The zero-order valence-electron chi connectivity index (χ0n) is 20.9. The lowest BCUT2D eigenvalue weighted by Crippen LogP contribution is -2.48. The van der Waals surface area contributed by atoms with E-state index in [4.69, 9.17) is 4.74 Å². The van der Waals surface area contributed by atoms with Crippen molar-refractivity contribution in [3.63, 3.8) is 0 Å². The van der Waals surface area contributed by atoms with Gasteiger partial charge in [-0.1, -0.05) is 30.3 Å². The maximum Gasteiger partial charge on any atom is 0.272 e. The van der Waals surface area contributed by atoms with Crippen molar-refractivity contribution >= 4 is 23.4 Å². The first-order valence-corrected chi connectivity index (χ1v) is 12.6. The quantitative estimate of drug-likeness (QED) is 0.555. The van der Waals surface area contributed by atoms with E-state index in [2.05, 4.69) is 9.97 Å². The molecule has 3 aliphatic rings. The highest BCUT2D eigenvalue weighted by molar-refractivity contribution is 6.12. The van der Waals surface area contributed by atoms with Crippen molar-refractivity contribution in [1.29, 1.82) is 0 Å². The van der Waals surface area contributed by atoms with E-state index in [1.165, 1.54) is 6.20 Å². The number of fused-ring (bicyclic) bond motifs is 6. The van der Waals surface area contributed by atoms with Crippen molar-refractivity contribution in [2.75, 3.05) is 38.2 Å². The first-order chi connectivity index (χ1) is 17.9. The molecule has 190 valence electrons. The number of hydrogen-bond acceptors (Lipinski definition) is 5. The predicted molar refractivity (Wildman–Crippen MR) is 136 cm³/mol. The summed E-state index contributed by atoms with van der Waals surface area (Å²) in [5, 5.41) is 0. The molecule has 3 aromatic rings. The maximum atomic E-state index is 14.5. The van der Waals surface area contributed by atoms with E-state index in [-0.39, 0.29) is 24.3 Å². The molecule has 9 nitrogen and oxygen atoms in total. The van der Waals surface area contributed by atoms with Crippen LogP contribution in [0.25, 0.3) is 0 Å². The van der Waals surface area contributed by atoms with Gasteiger partial charge in [-0.05, 0) is 49.1 Å². The fourth-order valence-corrected chi connectivity index (χ4v) is 6.06. The fraction of sp³-hybridized carbons (Fsp3) is 0.357. The largest absolute Gasteiger partial charge is 0.494 e. The summed E-state index contributed by atoms with van der Waals surface area (Å²) < 4.78 is 6.03. The van der Waals surface area contributed by atoms with E-state index in [0.717, 1.165) is 16.8 Å². The molecular formula is C28H29N5O4. The Labute approximate surface area is 215 Å². The number of imidazole rings is 1. The van der Waals surface area contributed by atoms with Gasteiger partial charge in [0.15, 0.2) is 0 Å². The molecule has 0 aliphatic carbocycles. The van der Waals surface area contributed by atoms with Crippen molar-refractivity contribution < 1.29 is 19.1 Å². The van der Waals surface area contributed by atoms with Gasteiger partial charge in [-0.3, -0.25) is 14.4 Å². The summed E-state index contributed by atoms with van der Waals surface area (Å²) >= 11 is 0. The summed E-state index contributed by atoms with van der Waals surface area (Å²) in [5.41, 5.74) is 1.76. The molecule has 1 saturated heterocycles. The second kappa shape index (κ2) is 8.76. The van der Waals surface area contributed by atoms with Crippen LogP contribution in [-0.4, -0.2) is 70.8 Å². The first-order valence-electron chi connectivity index (χ1n) is 12.6. The number of carbonyl (C=O) groups excluding carboxylic acids is 3. The lowest BCUT2D eigenvalue weighted by Gasteiger charge is -2.35. The third kappa shape index (κ3) is 3.60. The van der Waals surface area contributed by atoms with Gasteiger partial charge >= 0.3 is 0 Å². The molecule has 6 rings (SSSR count). The van der Waals surface area contributed by atoms with Crippen molar-refractivity contribution in [2.45, 2.75) is 31.2 Å². The number of hydrogen-bond donors (Lipinski definition) is 1. The number of aromatic amines is 1. The Bertz CT molecular complexity index is 1400. The van der Waals surface area contributed by atoms with Crippen LogP contribution in [0.4, 0.5) is 5.69 Å². The van der Waals surface area contributed by atoms with Gasteiger partial charge in [0.2, 0.25) is 11.8 Å². The second-order valence-corrected chi connectivity index (χ2v) is 10.0. The van der Waals surface area contributed by atoms with Crippen LogP contribution in [0.3, 0.4) is 0 Å². The number of anilines is 1. The van der Waals surface area contributed by atoms with Crippen LogP contribution in [0.1, 0.15) is 46.3 Å². The summed E-state index contributed by atoms with van der Waals surface area (Å²) in [6.07, 6.45) is 2.64. The van der Waals surface area contributed by atoms with Gasteiger partial charge < -0.3 is 24.4 Å². The van der Waals surface area contributed by atoms with Gasteiger partial charge in [-0.15, -0.1) is 0 Å². The second-order valence-electron chi connectivity index (χ2n) is 10.0. The molecule has 3 aliphatic heterocycles. The highest BCUT2D eigenvalue weighted by Crippen LogP contribution is 2.57. The Balaban J connectivity index is 1.55. The summed E-state index contributed by atoms with van der Waals surface area (Å²) in [4.78, 5) is 53.7. The predicted octanol–water partition coefficient (Wildman–Crippen LogP) is 2.83. The van der Waals surface area contributed by atoms with Crippen molar-refractivity contribution in [2.24, 2.45) is 0 Å². The van der Waals surface area contributed by atoms with Crippen LogP contribution in [-0.2, 0) is 15.0 Å². The number of para-hydroxylation sites is 1. The number of H-pyrrole nitrogens is 1. The number of benzene rings is 2. The van der Waals surface area contributed by atoms with E-state index >= 15 is 0 Å². The maximum absolute atomic E-state index is 14.5. The Morgan fingerprint density at radius 1 is 1.14 bits per heavy atom. The molecule has 37 heavy (non-hydrogen) atoms. The highest BCUT2D eigenvalue weighted by atomic mass is 16.5. The zero-order chi connectivity index (χ0) is 25.7. The fourth-order valence-electron chi connectivity index (χ4n) is 6.06. The third-order valence-corrected chi connectivity index (χ3v) is 7.82. The van der Waals surface area contributed by atoms with E-state index in [1.54, 1.807) is 28.7 Å². The molecule has 4 heterocycles. The molecule has 4 bridgehead atoms. The smallest absolute Gasteiger partial charge is 0.272 e. The summed E-state index contributed by atoms with van der Waals surface area (Å²) in [7, 11) is 1.75. The Morgan fingerprint density at radius 2 is 1.97 bits per heavy atom. The molecule has 0 saturated carbocycles. The molecule has 0 radical (unpaired) electrons. The lowest BCUT2D eigenvalue weighted by atomic mass is 9.72. The minimum absolute atomic E-state index is 0.0462. The lowest BCUT2D eigenvalue weighted by molar-refractivity contribution is -0.131. The minimum Gasteiger partial charge on any atom is -0.494 e. The number of nitrogens with zero attached hydrogens (tertiary/aromatic N) is 4. The van der Waals surface area contributed by atoms with E-state index < -0.39 is 11.5 Å². The molecule has 2 aromatic carbocycles. The molecule has 1 aromatic heterocycles. The van der Waals surface area contributed by atoms with Gasteiger partial charge in [0, 0.05) is 25.8 Å². The van der Waals surface area contributed by atoms with Crippen LogP contribution >= 0.6 is 0 Å². The number of likely N-dealkylation sites (tertiary alicyclic amines) is 1. The summed E-state index contributed by atoms with van der Waals surface area (Å²) in [5.74, 6) is 0.821. The van der Waals surface area contributed by atoms with Crippen LogP contribution in [0.5, 0.6) is 5.75 Å². The van der Waals surface area contributed by atoms with Crippen LogP contribution in [0.2, 0.25) is 0 Å². The van der Waals surface area contributed by atoms with E-state index in [9.17, 15) is 14.4 Å². The van der Waals surface area contributed by atoms with Crippen LogP contribution < -0.4 is 9.64 Å². The number of amides is 3. The molecule has 0 unspecified atom stereocenters. The van der Waals surface area contributed by atoms with Crippen molar-refractivity contribution in [1.82, 2.24) is 19.8 Å². The Morgan fingerprint density at radius 3 is 2.78 bits per heavy atom. The number of aromatic nitrogens is 2. The minimum atomic E-state index is -1.02. The van der Waals surface area contributed by atoms with Gasteiger partial charge in [-0.25, -0.2) is 4.98 Å². The van der Waals surface area contributed by atoms with E-state index in [1.807, 2.05) is 48.5 Å². The van der Waals surface area contributed by atoms with Gasteiger partial charge in [-0.2, -0.15) is 0 Å². The average molecular weight is 500 g/mol. The number of carbonyl (C=O) groups is 3. The first kappa shape index (κ1) is 23.3. The summed E-state index contributed by atoms with van der Waals surface area (Å²) in [6.45, 7) is 3.12. The van der Waals surface area contributed by atoms with E-state index in [0.29, 0.717) is 49.8 Å². The number of rotatable bonds is 1. The molecule has 3 amide bonds. The zero-order valence-corrected chi connectivity index (χ0v) is 20.9. The molecule has 2 atom stereocenters. The standard InChI is InChI=1S/C28H29N5O4/c1-18-29-16-22(30-18)26(35)32-13-11-28-21-9-3-4-10-23(21)33(27(28)36)17-24(34)31(2)12-6-14-37-20-8-5-7-19(15-20)25(28)32/h3-5,7-10,15-16,25H,6,11-14,17H2,1-2H3,(H,29,30)/t25-,28+/m0/s1. The van der Waals surface area contributed by atoms with Gasteiger partial charge in [0.05, 0.1) is 18.8 Å². The molecular weight excluding hydrogens is 470 g/mol. The normalized spacial score (nSPS) is 23.4. The number of nitrogens with one attached hydrogen (secondary N) is 1. The monoisotopic (exact) mass is 499 g/mol. The highest BCUT2D eigenvalue weighted by Gasteiger charge is 2.62. The summed E-state index contributed by atoms with van der Waals surface area (Å²) in [6, 6.07) is 14.8. The van der Waals surface area contributed by atoms with Crippen LogP contribution in [0, 0.1) is 6.92 Å². The molecule has 1 spiro atoms. The third-order valence-electron chi connectivity index (χ3n) is 7.82.